The van der Waals surface area contributed by atoms with Gasteiger partial charge in [0.25, 0.3) is 5.91 Å². The van der Waals surface area contributed by atoms with Crippen molar-refractivity contribution in [2.24, 2.45) is 0 Å². The van der Waals surface area contributed by atoms with Crippen LogP contribution >= 0.6 is 15.9 Å². The van der Waals surface area contributed by atoms with Gasteiger partial charge in [0.15, 0.2) is 6.10 Å². The van der Waals surface area contributed by atoms with Crippen LogP contribution in [0.15, 0.2) is 53.0 Å². The average Bonchev–Trinajstić information content (AvgIpc) is 2.49. The molecule has 0 aromatic heterocycles. The van der Waals surface area contributed by atoms with Crippen LogP contribution in [0, 0.1) is 0 Å². The fourth-order valence-electron chi connectivity index (χ4n) is 1.76. The van der Waals surface area contributed by atoms with Gasteiger partial charge in [-0.05, 0) is 55.5 Å². The van der Waals surface area contributed by atoms with Crippen molar-refractivity contribution >= 4 is 27.5 Å². The molecular weight excluding hydrogens is 375 g/mol. The standard InChI is InChI=1S/C16H13BrF3NO2/c1-10(23-14-8-4-12(17)5-9-14)15(22)21-13-6-2-11(3-7-13)16(18,19)20/h2-10H,1H3,(H,21,22)/t10-/m1/s1. The summed E-state index contributed by atoms with van der Waals surface area (Å²) in [7, 11) is 0. The van der Waals surface area contributed by atoms with Gasteiger partial charge in [0.1, 0.15) is 5.75 Å². The first kappa shape index (κ1) is 17.3. The molecule has 0 aliphatic carbocycles. The number of ether oxygens (including phenoxy) is 1. The zero-order valence-corrected chi connectivity index (χ0v) is 13.6. The van der Waals surface area contributed by atoms with Gasteiger partial charge in [0, 0.05) is 10.2 Å². The van der Waals surface area contributed by atoms with E-state index in [1.54, 1.807) is 31.2 Å². The quantitative estimate of drug-likeness (QED) is 0.812. The summed E-state index contributed by atoms with van der Waals surface area (Å²) < 4.78 is 43.8. The Balaban J connectivity index is 1.96. The molecule has 0 bridgehead atoms. The number of nitrogens with one attached hydrogen (secondary N) is 1. The van der Waals surface area contributed by atoms with Crippen LogP contribution in [0.2, 0.25) is 0 Å². The molecule has 0 saturated heterocycles. The summed E-state index contributed by atoms with van der Waals surface area (Å²) in [5, 5.41) is 2.51. The Hall–Kier alpha value is -2.02. The van der Waals surface area contributed by atoms with Crippen LogP contribution in [0.3, 0.4) is 0 Å². The molecule has 0 aliphatic rings. The van der Waals surface area contributed by atoms with Crippen LogP contribution in [0.25, 0.3) is 0 Å². The number of carbonyl (C=O) groups is 1. The number of hydrogen-bond donors (Lipinski definition) is 1. The topological polar surface area (TPSA) is 38.3 Å². The minimum atomic E-state index is -4.40. The third-order valence-corrected chi connectivity index (χ3v) is 3.50. The van der Waals surface area contributed by atoms with Crippen LogP contribution in [0.1, 0.15) is 12.5 Å². The SMILES string of the molecule is C[C@@H](Oc1ccc(Br)cc1)C(=O)Nc1ccc(C(F)(F)F)cc1. The fourth-order valence-corrected chi connectivity index (χ4v) is 2.02. The minimum Gasteiger partial charge on any atom is -0.481 e. The van der Waals surface area contributed by atoms with Crippen LogP contribution < -0.4 is 10.1 Å². The maximum Gasteiger partial charge on any atom is 0.416 e. The molecule has 7 heteroatoms. The summed E-state index contributed by atoms with van der Waals surface area (Å²) in [5.41, 5.74) is -0.496. The molecule has 0 spiro atoms. The minimum absolute atomic E-state index is 0.272. The fraction of sp³-hybridized carbons (Fsp3) is 0.188. The maximum absolute atomic E-state index is 12.5. The Morgan fingerprint density at radius 3 is 2.17 bits per heavy atom. The number of amides is 1. The van der Waals surface area contributed by atoms with E-state index >= 15 is 0 Å². The summed E-state index contributed by atoms with van der Waals surface area (Å²) in [6, 6.07) is 11.2. The van der Waals surface area contributed by atoms with E-state index in [0.29, 0.717) is 5.75 Å². The molecule has 0 heterocycles. The van der Waals surface area contributed by atoms with Crippen molar-refractivity contribution in [3.05, 3.63) is 58.6 Å². The molecular formula is C16H13BrF3NO2. The van der Waals surface area contributed by atoms with Crippen LogP contribution in [-0.4, -0.2) is 12.0 Å². The molecule has 1 N–H and O–H groups in total. The van der Waals surface area contributed by atoms with Crippen molar-refractivity contribution in [2.45, 2.75) is 19.2 Å². The van der Waals surface area contributed by atoms with Gasteiger partial charge in [-0.2, -0.15) is 13.2 Å². The smallest absolute Gasteiger partial charge is 0.416 e. The zero-order valence-electron chi connectivity index (χ0n) is 12.0. The first-order chi connectivity index (χ1) is 10.8. The summed E-state index contributed by atoms with van der Waals surface area (Å²) >= 11 is 3.29. The average molecular weight is 388 g/mol. The second-order valence-corrected chi connectivity index (χ2v) is 5.69. The largest absolute Gasteiger partial charge is 0.481 e. The van der Waals surface area contributed by atoms with E-state index in [9.17, 15) is 18.0 Å². The lowest BCUT2D eigenvalue weighted by Crippen LogP contribution is -2.30. The molecule has 1 atom stereocenters. The molecule has 2 rings (SSSR count). The van der Waals surface area contributed by atoms with Gasteiger partial charge in [-0.1, -0.05) is 15.9 Å². The van der Waals surface area contributed by atoms with Crippen LogP contribution in [0.5, 0.6) is 5.75 Å². The Morgan fingerprint density at radius 2 is 1.65 bits per heavy atom. The molecule has 23 heavy (non-hydrogen) atoms. The third kappa shape index (κ3) is 4.99. The number of anilines is 1. The second kappa shape index (κ2) is 7.04. The molecule has 0 radical (unpaired) electrons. The van der Waals surface area contributed by atoms with Crippen molar-refractivity contribution in [1.82, 2.24) is 0 Å². The number of halogens is 4. The van der Waals surface area contributed by atoms with Gasteiger partial charge in [-0.15, -0.1) is 0 Å². The predicted octanol–water partition coefficient (Wildman–Crippen LogP) is 4.87. The Kier molecular flexibility index (Phi) is 5.30. The Morgan fingerprint density at radius 1 is 1.09 bits per heavy atom. The van der Waals surface area contributed by atoms with Gasteiger partial charge < -0.3 is 10.1 Å². The maximum atomic E-state index is 12.5. The normalized spacial score (nSPS) is 12.6. The van der Waals surface area contributed by atoms with Crippen LogP contribution in [0.4, 0.5) is 18.9 Å². The number of hydrogen-bond acceptors (Lipinski definition) is 2. The monoisotopic (exact) mass is 387 g/mol. The van der Waals surface area contributed by atoms with E-state index in [2.05, 4.69) is 21.2 Å². The van der Waals surface area contributed by atoms with Crippen molar-refractivity contribution < 1.29 is 22.7 Å². The predicted molar refractivity (Wildman–Crippen MR) is 84.3 cm³/mol. The lowest BCUT2D eigenvalue weighted by Gasteiger charge is -2.15. The highest BCUT2D eigenvalue weighted by molar-refractivity contribution is 9.10. The second-order valence-electron chi connectivity index (χ2n) is 4.78. The molecule has 0 fully saturated rings. The molecule has 2 aromatic carbocycles. The Labute approximate surface area is 139 Å². The van der Waals surface area contributed by atoms with Gasteiger partial charge in [-0.25, -0.2) is 0 Å². The first-order valence-corrected chi connectivity index (χ1v) is 7.45. The number of carbonyl (C=O) groups excluding carboxylic acids is 1. The van der Waals surface area contributed by atoms with E-state index in [1.807, 2.05) is 0 Å². The summed E-state index contributed by atoms with van der Waals surface area (Å²) in [5.74, 6) is 0.0657. The summed E-state index contributed by atoms with van der Waals surface area (Å²) in [4.78, 5) is 12.0. The number of benzene rings is 2. The Bertz CT molecular complexity index is 669. The van der Waals surface area contributed by atoms with E-state index in [-0.39, 0.29) is 5.69 Å². The van der Waals surface area contributed by atoms with Gasteiger partial charge in [0.05, 0.1) is 5.56 Å². The van der Waals surface area contributed by atoms with E-state index in [4.69, 9.17) is 4.74 Å². The van der Waals surface area contributed by atoms with Gasteiger partial charge >= 0.3 is 6.18 Å². The molecule has 0 saturated carbocycles. The molecule has 0 unspecified atom stereocenters. The van der Waals surface area contributed by atoms with Crippen molar-refractivity contribution in [3.8, 4) is 5.75 Å². The molecule has 0 aliphatic heterocycles. The van der Waals surface area contributed by atoms with E-state index in [1.165, 1.54) is 12.1 Å². The van der Waals surface area contributed by atoms with Gasteiger partial charge in [-0.3, -0.25) is 4.79 Å². The van der Waals surface area contributed by atoms with Crippen molar-refractivity contribution in [3.63, 3.8) is 0 Å². The van der Waals surface area contributed by atoms with Crippen molar-refractivity contribution in [1.29, 1.82) is 0 Å². The van der Waals surface area contributed by atoms with E-state index in [0.717, 1.165) is 16.6 Å². The van der Waals surface area contributed by atoms with Crippen LogP contribution in [-0.2, 0) is 11.0 Å². The van der Waals surface area contributed by atoms with E-state index < -0.39 is 23.8 Å². The first-order valence-electron chi connectivity index (χ1n) is 6.66. The molecule has 3 nitrogen and oxygen atoms in total. The lowest BCUT2D eigenvalue weighted by atomic mass is 10.2. The third-order valence-electron chi connectivity index (χ3n) is 2.98. The molecule has 1 amide bonds. The number of rotatable bonds is 4. The summed E-state index contributed by atoms with van der Waals surface area (Å²) in [6.45, 7) is 1.56. The lowest BCUT2D eigenvalue weighted by molar-refractivity contribution is -0.137. The highest BCUT2D eigenvalue weighted by Crippen LogP contribution is 2.29. The highest BCUT2D eigenvalue weighted by atomic mass is 79.9. The highest BCUT2D eigenvalue weighted by Gasteiger charge is 2.30. The van der Waals surface area contributed by atoms with Crippen molar-refractivity contribution in [2.75, 3.05) is 5.32 Å². The summed E-state index contributed by atoms with van der Waals surface area (Å²) in [6.07, 6.45) is -5.20. The van der Waals surface area contributed by atoms with Gasteiger partial charge in [0.2, 0.25) is 0 Å². The molecule has 122 valence electrons. The molecule has 2 aromatic rings. The number of alkyl halides is 3. The zero-order chi connectivity index (χ0) is 17.0.